The van der Waals surface area contributed by atoms with Gasteiger partial charge in [-0.1, -0.05) is 24.3 Å². The number of amides is 1. The molecule has 2 heterocycles. The Morgan fingerprint density at radius 2 is 1.96 bits per heavy atom. The fraction of sp³-hybridized carbons (Fsp3) is 0.158. The lowest BCUT2D eigenvalue weighted by Gasteiger charge is -2.14. The fourth-order valence-electron chi connectivity index (χ4n) is 3.19. The second-order valence-electron chi connectivity index (χ2n) is 6.00. The van der Waals surface area contributed by atoms with Gasteiger partial charge in [0.25, 0.3) is 11.5 Å². The number of aromatic amines is 1. The van der Waals surface area contributed by atoms with Gasteiger partial charge in [-0.2, -0.15) is 5.10 Å². The van der Waals surface area contributed by atoms with Crippen LogP contribution in [0, 0.1) is 0 Å². The molecular formula is C19H16N4O2. The maximum absolute atomic E-state index is 12.6. The van der Waals surface area contributed by atoms with E-state index in [0.29, 0.717) is 5.69 Å². The molecule has 0 fully saturated rings. The molecule has 1 amide bonds. The zero-order valence-electron chi connectivity index (χ0n) is 13.4. The number of H-pyrrole nitrogens is 1. The molecule has 1 atom stereocenters. The van der Waals surface area contributed by atoms with Gasteiger partial charge in [0.15, 0.2) is 0 Å². The Bertz CT molecular complexity index is 982. The average molecular weight is 332 g/mol. The number of pyridine rings is 1. The molecule has 6 nitrogen and oxygen atoms in total. The lowest BCUT2D eigenvalue weighted by molar-refractivity contribution is 0.0935. The highest BCUT2D eigenvalue weighted by atomic mass is 16.2. The molecule has 1 aliphatic carbocycles. The second-order valence-corrected chi connectivity index (χ2v) is 6.00. The zero-order chi connectivity index (χ0) is 17.2. The molecule has 2 aromatic heterocycles. The van der Waals surface area contributed by atoms with Crippen LogP contribution in [-0.4, -0.2) is 21.1 Å². The first-order chi connectivity index (χ1) is 12.2. The van der Waals surface area contributed by atoms with Crippen LogP contribution < -0.4 is 10.9 Å². The van der Waals surface area contributed by atoms with Gasteiger partial charge >= 0.3 is 0 Å². The van der Waals surface area contributed by atoms with Gasteiger partial charge in [0, 0.05) is 18.0 Å². The van der Waals surface area contributed by atoms with Gasteiger partial charge in [0.2, 0.25) is 0 Å². The second kappa shape index (κ2) is 6.32. The highest BCUT2D eigenvalue weighted by molar-refractivity contribution is 5.95. The smallest absolute Gasteiger partial charge is 0.277 e. The van der Waals surface area contributed by atoms with Crippen molar-refractivity contribution in [1.82, 2.24) is 20.5 Å². The number of rotatable bonds is 3. The standard InChI is InChI=1S/C19H16N4O2/c24-18(21-16-6-5-12-3-1-2-4-14(12)16)15-11-17(22-23-19(15)25)13-7-9-20-10-8-13/h1-4,7-11,16H,5-6H2,(H,21,24)(H,23,25). The van der Waals surface area contributed by atoms with Crippen molar-refractivity contribution in [2.75, 3.05) is 0 Å². The fourth-order valence-corrected chi connectivity index (χ4v) is 3.19. The third-order valence-electron chi connectivity index (χ3n) is 4.46. The molecule has 6 heteroatoms. The summed E-state index contributed by atoms with van der Waals surface area (Å²) in [6, 6.07) is 13.0. The van der Waals surface area contributed by atoms with Crippen molar-refractivity contribution in [3.8, 4) is 11.3 Å². The summed E-state index contributed by atoms with van der Waals surface area (Å²) in [6.07, 6.45) is 5.04. The topological polar surface area (TPSA) is 87.7 Å². The van der Waals surface area contributed by atoms with Gasteiger partial charge in [-0.05, 0) is 42.2 Å². The summed E-state index contributed by atoms with van der Waals surface area (Å²) in [7, 11) is 0. The number of nitrogens with one attached hydrogen (secondary N) is 2. The van der Waals surface area contributed by atoms with Crippen LogP contribution in [0.4, 0.5) is 0 Å². The van der Waals surface area contributed by atoms with Gasteiger partial charge in [0.05, 0.1) is 11.7 Å². The number of hydrogen-bond donors (Lipinski definition) is 2. The molecular weight excluding hydrogens is 316 g/mol. The maximum atomic E-state index is 12.6. The number of carbonyl (C=O) groups excluding carboxylic acids is 1. The highest BCUT2D eigenvalue weighted by Gasteiger charge is 2.25. The maximum Gasteiger partial charge on any atom is 0.277 e. The van der Waals surface area contributed by atoms with Crippen molar-refractivity contribution < 1.29 is 4.79 Å². The molecule has 124 valence electrons. The average Bonchev–Trinajstić information content (AvgIpc) is 3.06. The normalized spacial score (nSPS) is 15.6. The number of carbonyl (C=O) groups is 1. The minimum Gasteiger partial charge on any atom is -0.345 e. The summed E-state index contributed by atoms with van der Waals surface area (Å²) >= 11 is 0. The summed E-state index contributed by atoms with van der Waals surface area (Å²) in [5.74, 6) is -0.388. The van der Waals surface area contributed by atoms with E-state index in [1.54, 1.807) is 24.5 Å². The monoisotopic (exact) mass is 332 g/mol. The Labute approximate surface area is 143 Å². The van der Waals surface area contributed by atoms with Crippen LogP contribution in [-0.2, 0) is 6.42 Å². The molecule has 1 unspecified atom stereocenters. The highest BCUT2D eigenvalue weighted by Crippen LogP contribution is 2.30. The summed E-state index contributed by atoms with van der Waals surface area (Å²) in [4.78, 5) is 28.7. The van der Waals surface area contributed by atoms with Gasteiger partial charge in [-0.3, -0.25) is 14.6 Å². The van der Waals surface area contributed by atoms with E-state index in [1.807, 2.05) is 18.2 Å². The SMILES string of the molecule is O=C(NC1CCc2ccccc21)c1cc(-c2ccncc2)n[nH]c1=O. The number of aromatic nitrogens is 3. The largest absolute Gasteiger partial charge is 0.345 e. The van der Waals surface area contributed by atoms with E-state index in [-0.39, 0.29) is 17.5 Å². The van der Waals surface area contributed by atoms with Crippen LogP contribution in [0.15, 0.2) is 59.7 Å². The van der Waals surface area contributed by atoms with Gasteiger partial charge in [-0.15, -0.1) is 0 Å². The molecule has 0 radical (unpaired) electrons. The predicted octanol–water partition coefficient (Wildman–Crippen LogP) is 2.25. The molecule has 1 aromatic carbocycles. The molecule has 0 saturated carbocycles. The lowest BCUT2D eigenvalue weighted by atomic mass is 10.1. The van der Waals surface area contributed by atoms with Crippen molar-refractivity contribution in [2.45, 2.75) is 18.9 Å². The van der Waals surface area contributed by atoms with Gasteiger partial charge < -0.3 is 5.32 Å². The zero-order valence-corrected chi connectivity index (χ0v) is 13.4. The third-order valence-corrected chi connectivity index (χ3v) is 4.46. The molecule has 0 bridgehead atoms. The number of nitrogens with zero attached hydrogens (tertiary/aromatic N) is 2. The van der Waals surface area contributed by atoms with Crippen LogP contribution in [0.3, 0.4) is 0 Å². The van der Waals surface area contributed by atoms with E-state index in [0.717, 1.165) is 24.0 Å². The molecule has 1 aliphatic rings. The molecule has 0 saturated heterocycles. The predicted molar refractivity (Wildman–Crippen MR) is 93.1 cm³/mol. The Morgan fingerprint density at radius 1 is 1.16 bits per heavy atom. The first-order valence-corrected chi connectivity index (χ1v) is 8.11. The van der Waals surface area contributed by atoms with E-state index in [4.69, 9.17) is 0 Å². The molecule has 3 aromatic rings. The van der Waals surface area contributed by atoms with Crippen molar-refractivity contribution in [2.24, 2.45) is 0 Å². The van der Waals surface area contributed by atoms with Crippen molar-refractivity contribution in [3.63, 3.8) is 0 Å². The van der Waals surface area contributed by atoms with Gasteiger partial charge in [0.1, 0.15) is 5.56 Å². The summed E-state index contributed by atoms with van der Waals surface area (Å²) in [5, 5.41) is 9.39. The van der Waals surface area contributed by atoms with E-state index in [9.17, 15) is 9.59 Å². The van der Waals surface area contributed by atoms with Crippen LogP contribution in [0.1, 0.15) is 33.9 Å². The lowest BCUT2D eigenvalue weighted by Crippen LogP contribution is -2.32. The molecule has 4 rings (SSSR count). The van der Waals surface area contributed by atoms with E-state index in [2.05, 4.69) is 26.6 Å². The number of fused-ring (bicyclic) bond motifs is 1. The first kappa shape index (κ1) is 15.3. The summed E-state index contributed by atoms with van der Waals surface area (Å²) in [6.45, 7) is 0. The van der Waals surface area contributed by atoms with Gasteiger partial charge in [-0.25, -0.2) is 5.10 Å². The Morgan fingerprint density at radius 3 is 2.80 bits per heavy atom. The van der Waals surface area contributed by atoms with Crippen LogP contribution >= 0.6 is 0 Å². The van der Waals surface area contributed by atoms with Crippen LogP contribution in [0.2, 0.25) is 0 Å². The van der Waals surface area contributed by atoms with Crippen molar-refractivity contribution in [3.05, 3.63) is 81.9 Å². The minimum absolute atomic E-state index is 0.0613. The summed E-state index contributed by atoms with van der Waals surface area (Å²) in [5.41, 5.74) is 3.24. The third kappa shape index (κ3) is 2.94. The van der Waals surface area contributed by atoms with E-state index < -0.39 is 5.56 Å². The van der Waals surface area contributed by atoms with Crippen LogP contribution in [0.25, 0.3) is 11.3 Å². The Balaban J connectivity index is 1.62. The molecule has 0 spiro atoms. The quantitative estimate of drug-likeness (QED) is 0.770. The summed E-state index contributed by atoms with van der Waals surface area (Å²) < 4.78 is 0. The number of aryl methyl sites for hydroxylation is 1. The molecule has 25 heavy (non-hydrogen) atoms. The number of benzene rings is 1. The van der Waals surface area contributed by atoms with Crippen LogP contribution in [0.5, 0.6) is 0 Å². The van der Waals surface area contributed by atoms with Crippen molar-refractivity contribution in [1.29, 1.82) is 0 Å². The van der Waals surface area contributed by atoms with E-state index >= 15 is 0 Å². The van der Waals surface area contributed by atoms with Crippen molar-refractivity contribution >= 4 is 5.91 Å². The first-order valence-electron chi connectivity index (χ1n) is 8.11. The Kier molecular flexibility index (Phi) is 3.85. The Hall–Kier alpha value is -3.28. The number of hydrogen-bond acceptors (Lipinski definition) is 4. The molecule has 2 N–H and O–H groups in total. The van der Waals surface area contributed by atoms with E-state index in [1.165, 1.54) is 11.6 Å². The molecule has 0 aliphatic heterocycles. The minimum atomic E-state index is -0.499.